The van der Waals surface area contributed by atoms with Crippen molar-refractivity contribution >= 4 is 40.7 Å². The molecule has 0 saturated heterocycles. The van der Waals surface area contributed by atoms with Crippen LogP contribution in [0.25, 0.3) is 0 Å². The van der Waals surface area contributed by atoms with Gasteiger partial charge in [-0.05, 0) is 54.4 Å². The summed E-state index contributed by atoms with van der Waals surface area (Å²) in [5, 5.41) is 5.40. The number of carbonyl (C=O) groups is 3. The molecule has 0 bridgehead atoms. The average molecular weight is 464 g/mol. The molecule has 2 N–H and O–H groups in total. The van der Waals surface area contributed by atoms with Gasteiger partial charge in [-0.1, -0.05) is 48.0 Å². The second-order valence-corrected chi connectivity index (χ2v) is 7.86. The van der Waals surface area contributed by atoms with E-state index in [-0.39, 0.29) is 17.3 Å². The van der Waals surface area contributed by atoms with Crippen molar-refractivity contribution < 1.29 is 18.8 Å². The van der Waals surface area contributed by atoms with Crippen LogP contribution in [0.3, 0.4) is 0 Å². The normalized spacial score (nSPS) is 13.5. The first-order chi connectivity index (χ1) is 15.8. The molecular weight excluding hydrogens is 445 g/mol. The minimum Gasteiger partial charge on any atom is -0.349 e. The van der Waals surface area contributed by atoms with Gasteiger partial charge in [0.05, 0.1) is 6.54 Å². The van der Waals surface area contributed by atoms with Crippen LogP contribution in [0.15, 0.2) is 83.5 Å². The number of nitrogens with zero attached hydrogens (tertiary/aromatic N) is 1. The van der Waals surface area contributed by atoms with Crippen LogP contribution in [0.4, 0.5) is 15.8 Å². The predicted molar refractivity (Wildman–Crippen MR) is 124 cm³/mol. The summed E-state index contributed by atoms with van der Waals surface area (Å²) in [5.74, 6) is -1.95. The SMILES string of the molecule is Cc1ccc(C(=O)Nc2ccc(F)cc2)cc1NC1=C(Cl)C(=O)N(Cc2ccccc2)C1=O. The molecule has 3 amide bonds. The Kier molecular flexibility index (Phi) is 6.24. The highest BCUT2D eigenvalue weighted by atomic mass is 35.5. The fourth-order valence-corrected chi connectivity index (χ4v) is 3.56. The molecule has 0 aromatic heterocycles. The monoisotopic (exact) mass is 463 g/mol. The average Bonchev–Trinajstić information content (AvgIpc) is 3.01. The van der Waals surface area contributed by atoms with Gasteiger partial charge in [0, 0.05) is 16.9 Å². The Morgan fingerprint density at radius 2 is 1.67 bits per heavy atom. The van der Waals surface area contributed by atoms with Gasteiger partial charge in [-0.15, -0.1) is 0 Å². The Bertz CT molecular complexity index is 1270. The van der Waals surface area contributed by atoms with Crippen molar-refractivity contribution in [3.63, 3.8) is 0 Å². The number of anilines is 2. The first-order valence-corrected chi connectivity index (χ1v) is 10.5. The van der Waals surface area contributed by atoms with Gasteiger partial charge in [0.25, 0.3) is 17.7 Å². The summed E-state index contributed by atoms with van der Waals surface area (Å²) in [4.78, 5) is 39.2. The quantitative estimate of drug-likeness (QED) is 0.514. The largest absolute Gasteiger partial charge is 0.349 e. The number of carbonyl (C=O) groups excluding carboxylic acids is 3. The van der Waals surface area contributed by atoms with Gasteiger partial charge in [0.1, 0.15) is 16.5 Å². The molecule has 0 atom stereocenters. The summed E-state index contributed by atoms with van der Waals surface area (Å²) in [6, 6.07) is 19.4. The summed E-state index contributed by atoms with van der Waals surface area (Å²) < 4.78 is 13.1. The molecule has 166 valence electrons. The summed E-state index contributed by atoms with van der Waals surface area (Å²) in [6.45, 7) is 1.89. The molecule has 4 rings (SSSR count). The summed E-state index contributed by atoms with van der Waals surface area (Å²) in [7, 11) is 0. The molecule has 0 fully saturated rings. The van der Waals surface area contributed by atoms with E-state index in [0.29, 0.717) is 16.9 Å². The number of nitrogens with one attached hydrogen (secondary N) is 2. The second-order valence-electron chi connectivity index (χ2n) is 7.49. The number of hydrogen-bond donors (Lipinski definition) is 2. The third kappa shape index (κ3) is 4.78. The van der Waals surface area contributed by atoms with Crippen LogP contribution in [0.2, 0.25) is 0 Å². The van der Waals surface area contributed by atoms with Crippen molar-refractivity contribution in [1.29, 1.82) is 0 Å². The van der Waals surface area contributed by atoms with Crippen molar-refractivity contribution in [2.75, 3.05) is 10.6 Å². The van der Waals surface area contributed by atoms with Gasteiger partial charge in [0.15, 0.2) is 0 Å². The van der Waals surface area contributed by atoms with Crippen molar-refractivity contribution in [3.8, 4) is 0 Å². The van der Waals surface area contributed by atoms with Crippen LogP contribution in [-0.4, -0.2) is 22.6 Å². The molecule has 0 spiro atoms. The number of aryl methyl sites for hydroxylation is 1. The van der Waals surface area contributed by atoms with E-state index < -0.39 is 23.5 Å². The maximum absolute atomic E-state index is 13.1. The smallest absolute Gasteiger partial charge is 0.279 e. The molecule has 3 aromatic rings. The zero-order valence-electron chi connectivity index (χ0n) is 17.6. The van der Waals surface area contributed by atoms with Gasteiger partial charge >= 0.3 is 0 Å². The van der Waals surface area contributed by atoms with E-state index in [4.69, 9.17) is 11.6 Å². The molecule has 0 unspecified atom stereocenters. The summed E-state index contributed by atoms with van der Waals surface area (Å²) in [6.07, 6.45) is 0. The van der Waals surface area contributed by atoms with Gasteiger partial charge < -0.3 is 10.6 Å². The molecule has 1 heterocycles. The van der Waals surface area contributed by atoms with Crippen LogP contribution in [-0.2, 0) is 16.1 Å². The topological polar surface area (TPSA) is 78.5 Å². The summed E-state index contributed by atoms with van der Waals surface area (Å²) >= 11 is 6.20. The van der Waals surface area contributed by atoms with E-state index in [1.807, 2.05) is 30.3 Å². The molecule has 0 saturated carbocycles. The van der Waals surface area contributed by atoms with Gasteiger partial charge in [-0.2, -0.15) is 0 Å². The van der Waals surface area contributed by atoms with E-state index >= 15 is 0 Å². The van der Waals surface area contributed by atoms with Crippen molar-refractivity contribution in [1.82, 2.24) is 4.90 Å². The van der Waals surface area contributed by atoms with Crippen LogP contribution in [0.1, 0.15) is 21.5 Å². The van der Waals surface area contributed by atoms with E-state index in [2.05, 4.69) is 10.6 Å². The Morgan fingerprint density at radius 3 is 2.36 bits per heavy atom. The van der Waals surface area contributed by atoms with Crippen LogP contribution in [0, 0.1) is 12.7 Å². The number of halogens is 2. The maximum atomic E-state index is 13.1. The molecule has 1 aliphatic heterocycles. The maximum Gasteiger partial charge on any atom is 0.279 e. The third-order valence-electron chi connectivity index (χ3n) is 5.16. The van der Waals surface area contributed by atoms with Crippen molar-refractivity contribution in [3.05, 3.63) is 106 Å². The Hall–Kier alpha value is -3.97. The fourth-order valence-electron chi connectivity index (χ4n) is 3.33. The Balaban J connectivity index is 1.53. The Morgan fingerprint density at radius 1 is 0.970 bits per heavy atom. The number of amides is 3. The standard InChI is InChI=1S/C25H19ClFN3O3/c1-15-7-8-17(23(31)28-19-11-9-18(27)10-12-19)13-20(15)29-22-21(26)24(32)30(25(22)33)14-16-5-3-2-4-6-16/h2-13,29H,14H2,1H3,(H,28,31). The predicted octanol–water partition coefficient (Wildman–Crippen LogP) is 4.82. The van der Waals surface area contributed by atoms with E-state index in [9.17, 15) is 18.8 Å². The second kappa shape index (κ2) is 9.26. The Labute approximate surface area is 194 Å². The highest BCUT2D eigenvalue weighted by Crippen LogP contribution is 2.29. The lowest BCUT2D eigenvalue weighted by molar-refractivity contribution is -0.138. The van der Waals surface area contributed by atoms with Gasteiger partial charge in [-0.25, -0.2) is 4.39 Å². The van der Waals surface area contributed by atoms with Crippen LogP contribution < -0.4 is 10.6 Å². The lowest BCUT2D eigenvalue weighted by Gasteiger charge is -2.16. The van der Waals surface area contributed by atoms with Crippen LogP contribution in [0.5, 0.6) is 0 Å². The van der Waals surface area contributed by atoms with Crippen LogP contribution >= 0.6 is 11.6 Å². The van der Waals surface area contributed by atoms with Gasteiger partial charge in [0.2, 0.25) is 0 Å². The lowest BCUT2D eigenvalue weighted by Crippen LogP contribution is -2.31. The highest BCUT2D eigenvalue weighted by Gasteiger charge is 2.38. The third-order valence-corrected chi connectivity index (χ3v) is 5.51. The minimum absolute atomic E-state index is 0.0446. The fraction of sp³-hybridized carbons (Fsp3) is 0.0800. The molecule has 3 aromatic carbocycles. The molecule has 0 radical (unpaired) electrons. The highest BCUT2D eigenvalue weighted by molar-refractivity contribution is 6.48. The zero-order chi connectivity index (χ0) is 23.5. The first-order valence-electron chi connectivity index (χ1n) is 10.1. The number of benzene rings is 3. The van der Waals surface area contributed by atoms with Crippen molar-refractivity contribution in [2.24, 2.45) is 0 Å². The molecular formula is C25H19ClFN3O3. The minimum atomic E-state index is -0.587. The number of hydrogen-bond acceptors (Lipinski definition) is 4. The van der Waals surface area contributed by atoms with E-state index in [0.717, 1.165) is 16.0 Å². The molecule has 8 heteroatoms. The lowest BCUT2D eigenvalue weighted by atomic mass is 10.1. The van der Waals surface area contributed by atoms with E-state index in [1.165, 1.54) is 24.3 Å². The molecule has 33 heavy (non-hydrogen) atoms. The molecule has 1 aliphatic rings. The zero-order valence-corrected chi connectivity index (χ0v) is 18.3. The number of imide groups is 1. The summed E-state index contributed by atoms with van der Waals surface area (Å²) in [5.41, 5.74) is 2.69. The molecule has 0 aliphatic carbocycles. The van der Waals surface area contributed by atoms with E-state index in [1.54, 1.807) is 25.1 Å². The van der Waals surface area contributed by atoms with Gasteiger partial charge in [-0.3, -0.25) is 19.3 Å². The number of rotatable bonds is 6. The van der Waals surface area contributed by atoms with Crippen molar-refractivity contribution in [2.45, 2.75) is 13.5 Å². The molecule has 6 nitrogen and oxygen atoms in total. The first kappa shape index (κ1) is 22.2.